The maximum Gasteiger partial charge on any atom is 0.0375 e. The van der Waals surface area contributed by atoms with E-state index in [1.807, 2.05) is 0 Å². The maximum atomic E-state index is 5.90. The van der Waals surface area contributed by atoms with Crippen molar-refractivity contribution in [2.45, 2.75) is 45.1 Å². The minimum Gasteiger partial charge on any atom is -0.374 e. The summed E-state index contributed by atoms with van der Waals surface area (Å²) in [4.78, 5) is 2.44. The summed E-state index contributed by atoms with van der Waals surface area (Å²) in [7, 11) is 2.24. The van der Waals surface area contributed by atoms with E-state index in [1.165, 1.54) is 48.0 Å². The van der Waals surface area contributed by atoms with Crippen LogP contribution in [-0.4, -0.2) is 19.6 Å². The first-order valence-electron chi connectivity index (χ1n) is 8.28. The lowest BCUT2D eigenvalue weighted by molar-refractivity contribution is 0.337. The van der Waals surface area contributed by atoms with Crippen molar-refractivity contribution in [3.63, 3.8) is 0 Å². The molecule has 2 aliphatic rings. The van der Waals surface area contributed by atoms with Crippen molar-refractivity contribution in [3.8, 4) is 0 Å². The van der Waals surface area contributed by atoms with Crippen LogP contribution in [0.5, 0.6) is 0 Å². The fourth-order valence-electron chi connectivity index (χ4n) is 4.34. The summed E-state index contributed by atoms with van der Waals surface area (Å²) in [6.45, 7) is 3.27. The Bertz CT molecular complexity index is 500. The lowest BCUT2D eigenvalue weighted by Gasteiger charge is -2.29. The van der Waals surface area contributed by atoms with E-state index in [1.54, 1.807) is 0 Å². The number of hydrogen-bond acceptors (Lipinski definition) is 2. The van der Waals surface area contributed by atoms with Gasteiger partial charge in [-0.05, 0) is 68.1 Å². The van der Waals surface area contributed by atoms with E-state index in [4.69, 9.17) is 5.73 Å². The molecule has 0 spiro atoms. The SMILES string of the molecule is CC(N)Cc1ccc(N(C)CC2CC3CCC2C3)cc1Br. The van der Waals surface area contributed by atoms with Crippen molar-refractivity contribution in [2.24, 2.45) is 23.5 Å². The molecule has 1 aromatic rings. The summed E-state index contributed by atoms with van der Waals surface area (Å²) in [5, 5.41) is 0. The van der Waals surface area contributed by atoms with Gasteiger partial charge >= 0.3 is 0 Å². The third kappa shape index (κ3) is 3.45. The minimum atomic E-state index is 0.207. The normalized spacial score (nSPS) is 28.9. The van der Waals surface area contributed by atoms with Crippen LogP contribution in [0.25, 0.3) is 0 Å². The molecule has 0 saturated heterocycles. The van der Waals surface area contributed by atoms with E-state index in [0.29, 0.717) is 0 Å². The van der Waals surface area contributed by atoms with E-state index < -0.39 is 0 Å². The zero-order valence-corrected chi connectivity index (χ0v) is 14.8. The molecular weight excluding hydrogens is 324 g/mol. The van der Waals surface area contributed by atoms with Crippen LogP contribution in [0.3, 0.4) is 0 Å². The zero-order valence-electron chi connectivity index (χ0n) is 13.2. The second-order valence-electron chi connectivity index (χ2n) is 7.27. The van der Waals surface area contributed by atoms with Gasteiger partial charge in [0.1, 0.15) is 0 Å². The summed E-state index contributed by atoms with van der Waals surface area (Å²) in [5.41, 5.74) is 8.53. The topological polar surface area (TPSA) is 29.3 Å². The van der Waals surface area contributed by atoms with Crippen LogP contribution in [0.4, 0.5) is 5.69 Å². The van der Waals surface area contributed by atoms with Gasteiger partial charge < -0.3 is 10.6 Å². The standard InChI is InChI=1S/C18H27BrN2/c1-12(20)7-15-5-6-17(10-18(15)19)21(2)11-16-9-13-3-4-14(16)8-13/h5-6,10,12-14,16H,3-4,7-9,11,20H2,1-2H3. The highest BCUT2D eigenvalue weighted by Gasteiger charge is 2.39. The van der Waals surface area contributed by atoms with Gasteiger partial charge in [-0.1, -0.05) is 28.4 Å². The number of anilines is 1. The predicted molar refractivity (Wildman–Crippen MR) is 93.7 cm³/mol. The van der Waals surface area contributed by atoms with Gasteiger partial charge in [-0.2, -0.15) is 0 Å². The van der Waals surface area contributed by atoms with Gasteiger partial charge in [0.25, 0.3) is 0 Å². The van der Waals surface area contributed by atoms with Gasteiger partial charge in [0.15, 0.2) is 0 Å². The molecule has 1 aromatic carbocycles. The number of rotatable bonds is 5. The van der Waals surface area contributed by atoms with Gasteiger partial charge in [-0.3, -0.25) is 0 Å². The molecule has 2 aliphatic carbocycles. The smallest absolute Gasteiger partial charge is 0.0375 e. The summed E-state index contributed by atoms with van der Waals surface area (Å²) < 4.78 is 1.19. The lowest BCUT2D eigenvalue weighted by Crippen LogP contribution is -2.28. The number of hydrogen-bond donors (Lipinski definition) is 1. The van der Waals surface area contributed by atoms with Crippen LogP contribution >= 0.6 is 15.9 Å². The Labute approximate surface area is 137 Å². The van der Waals surface area contributed by atoms with Crippen molar-refractivity contribution >= 4 is 21.6 Å². The Morgan fingerprint density at radius 2 is 2.14 bits per heavy atom. The first-order valence-corrected chi connectivity index (χ1v) is 9.07. The average Bonchev–Trinajstić information content (AvgIpc) is 3.03. The number of nitrogens with zero attached hydrogens (tertiary/aromatic N) is 1. The summed E-state index contributed by atoms with van der Waals surface area (Å²) in [5.74, 6) is 2.95. The molecule has 0 aliphatic heterocycles. The van der Waals surface area contributed by atoms with Crippen molar-refractivity contribution < 1.29 is 0 Å². The molecule has 2 bridgehead atoms. The summed E-state index contributed by atoms with van der Waals surface area (Å²) in [6.07, 6.45) is 6.84. The van der Waals surface area contributed by atoms with Crippen LogP contribution in [0.2, 0.25) is 0 Å². The van der Waals surface area contributed by atoms with Crippen LogP contribution in [0.15, 0.2) is 22.7 Å². The minimum absolute atomic E-state index is 0.207. The van der Waals surface area contributed by atoms with Crippen LogP contribution < -0.4 is 10.6 Å². The lowest BCUT2D eigenvalue weighted by atomic mass is 9.88. The highest BCUT2D eigenvalue weighted by molar-refractivity contribution is 9.10. The molecule has 2 saturated carbocycles. The van der Waals surface area contributed by atoms with Crippen molar-refractivity contribution in [3.05, 3.63) is 28.2 Å². The molecule has 21 heavy (non-hydrogen) atoms. The molecule has 0 amide bonds. The van der Waals surface area contributed by atoms with Gasteiger partial charge in [0, 0.05) is 29.8 Å². The van der Waals surface area contributed by atoms with Crippen molar-refractivity contribution in [2.75, 3.05) is 18.5 Å². The first kappa shape index (κ1) is 15.4. The molecule has 3 rings (SSSR count). The van der Waals surface area contributed by atoms with Crippen LogP contribution in [0.1, 0.15) is 38.2 Å². The second kappa shape index (κ2) is 6.29. The van der Waals surface area contributed by atoms with Crippen molar-refractivity contribution in [1.82, 2.24) is 0 Å². The molecule has 2 fully saturated rings. The number of halogens is 1. The highest BCUT2D eigenvalue weighted by Crippen LogP contribution is 2.48. The van der Waals surface area contributed by atoms with E-state index in [9.17, 15) is 0 Å². The van der Waals surface area contributed by atoms with Crippen LogP contribution in [0, 0.1) is 17.8 Å². The van der Waals surface area contributed by atoms with E-state index in [0.717, 1.165) is 24.2 Å². The number of nitrogens with two attached hydrogens (primary N) is 1. The average molecular weight is 351 g/mol. The Hall–Kier alpha value is -0.540. The molecule has 0 radical (unpaired) electrons. The first-order chi connectivity index (χ1) is 10.0. The molecule has 3 heteroatoms. The van der Waals surface area contributed by atoms with E-state index in [2.05, 4.69) is 53.0 Å². The number of fused-ring (bicyclic) bond motifs is 2. The second-order valence-corrected chi connectivity index (χ2v) is 8.13. The quantitative estimate of drug-likeness (QED) is 0.861. The van der Waals surface area contributed by atoms with Crippen molar-refractivity contribution in [1.29, 1.82) is 0 Å². The fraction of sp³-hybridized carbons (Fsp3) is 0.667. The highest BCUT2D eigenvalue weighted by atomic mass is 79.9. The maximum absolute atomic E-state index is 5.90. The van der Waals surface area contributed by atoms with Gasteiger partial charge in [-0.25, -0.2) is 0 Å². The summed E-state index contributed by atoms with van der Waals surface area (Å²) in [6, 6.07) is 6.93. The Kier molecular flexibility index (Phi) is 4.60. The van der Waals surface area contributed by atoms with E-state index >= 15 is 0 Å². The Balaban J connectivity index is 1.64. The predicted octanol–water partition coefficient (Wildman–Crippen LogP) is 4.21. The largest absolute Gasteiger partial charge is 0.374 e. The number of benzene rings is 1. The molecule has 2 nitrogen and oxygen atoms in total. The van der Waals surface area contributed by atoms with E-state index in [-0.39, 0.29) is 6.04 Å². The molecular formula is C18H27BrN2. The summed E-state index contributed by atoms with van der Waals surface area (Å²) >= 11 is 3.71. The molecule has 4 unspecified atom stereocenters. The third-order valence-electron chi connectivity index (χ3n) is 5.41. The molecule has 4 atom stereocenters. The Morgan fingerprint density at radius 3 is 2.71 bits per heavy atom. The Morgan fingerprint density at radius 1 is 1.33 bits per heavy atom. The van der Waals surface area contributed by atoms with Gasteiger partial charge in [0.05, 0.1) is 0 Å². The molecule has 0 heterocycles. The van der Waals surface area contributed by atoms with Gasteiger partial charge in [-0.15, -0.1) is 0 Å². The molecule has 116 valence electrons. The fourth-order valence-corrected chi connectivity index (χ4v) is 4.87. The molecule has 2 N–H and O–H groups in total. The molecule has 0 aromatic heterocycles. The van der Waals surface area contributed by atoms with Gasteiger partial charge in [0.2, 0.25) is 0 Å². The zero-order chi connectivity index (χ0) is 15.0. The third-order valence-corrected chi connectivity index (χ3v) is 6.15. The monoisotopic (exact) mass is 350 g/mol. The van der Waals surface area contributed by atoms with Crippen LogP contribution in [-0.2, 0) is 6.42 Å².